The number of rotatable bonds is 2. The van der Waals surface area contributed by atoms with Gasteiger partial charge < -0.3 is 5.11 Å². The number of aromatic nitrogens is 3. The predicted molar refractivity (Wildman–Crippen MR) is 52.6 cm³/mol. The van der Waals surface area contributed by atoms with Gasteiger partial charge in [-0.25, -0.2) is 4.68 Å². The summed E-state index contributed by atoms with van der Waals surface area (Å²) >= 11 is 0. The van der Waals surface area contributed by atoms with Crippen LogP contribution in [0.2, 0.25) is 0 Å². The molecule has 2 atom stereocenters. The van der Waals surface area contributed by atoms with Crippen LogP contribution in [0.15, 0.2) is 6.20 Å². The van der Waals surface area contributed by atoms with E-state index in [9.17, 15) is 5.11 Å². The van der Waals surface area contributed by atoms with E-state index >= 15 is 0 Å². The van der Waals surface area contributed by atoms with Crippen molar-refractivity contribution in [3.05, 3.63) is 11.9 Å². The monoisotopic (exact) mass is 195 g/mol. The second-order valence-electron chi connectivity index (χ2n) is 4.15. The molecule has 0 aromatic carbocycles. The third-order valence-electron chi connectivity index (χ3n) is 3.37. The van der Waals surface area contributed by atoms with Gasteiger partial charge in [0.1, 0.15) is 5.60 Å². The largest absolute Gasteiger partial charge is 0.383 e. The zero-order chi connectivity index (χ0) is 10.2. The average Bonchev–Trinajstić information content (AvgIpc) is 2.75. The van der Waals surface area contributed by atoms with E-state index in [-0.39, 0.29) is 0 Å². The maximum absolute atomic E-state index is 10.5. The summed E-state index contributed by atoms with van der Waals surface area (Å²) in [6.07, 6.45) is 4.71. The second-order valence-corrected chi connectivity index (χ2v) is 4.15. The van der Waals surface area contributed by atoms with Crippen LogP contribution in [0.3, 0.4) is 0 Å². The van der Waals surface area contributed by atoms with Gasteiger partial charge in [-0.2, -0.15) is 0 Å². The molecule has 2 unspecified atom stereocenters. The fourth-order valence-electron chi connectivity index (χ4n) is 2.37. The van der Waals surface area contributed by atoms with Gasteiger partial charge in [0.15, 0.2) is 0 Å². The van der Waals surface area contributed by atoms with E-state index in [0.29, 0.717) is 5.92 Å². The van der Waals surface area contributed by atoms with Crippen LogP contribution in [0.4, 0.5) is 0 Å². The summed E-state index contributed by atoms with van der Waals surface area (Å²) in [5.41, 5.74) is 0.185. The molecule has 1 aliphatic carbocycles. The minimum Gasteiger partial charge on any atom is -0.383 e. The normalized spacial score (nSPS) is 32.4. The van der Waals surface area contributed by atoms with E-state index in [4.69, 9.17) is 0 Å². The molecule has 1 fully saturated rings. The van der Waals surface area contributed by atoms with Crippen molar-refractivity contribution in [2.24, 2.45) is 5.92 Å². The molecular weight excluding hydrogens is 178 g/mol. The lowest BCUT2D eigenvalue weighted by molar-refractivity contribution is -0.00393. The van der Waals surface area contributed by atoms with Gasteiger partial charge in [0.25, 0.3) is 0 Å². The Morgan fingerprint density at radius 3 is 3.07 bits per heavy atom. The highest BCUT2D eigenvalue weighted by molar-refractivity contribution is 5.12. The number of aryl methyl sites for hydroxylation is 1. The van der Waals surface area contributed by atoms with E-state index in [1.165, 1.54) is 0 Å². The minimum absolute atomic E-state index is 0.311. The predicted octanol–water partition coefficient (Wildman–Crippen LogP) is 1.31. The van der Waals surface area contributed by atoms with Gasteiger partial charge in [-0.1, -0.05) is 12.1 Å². The van der Waals surface area contributed by atoms with Crippen molar-refractivity contribution in [2.45, 2.75) is 45.3 Å². The average molecular weight is 195 g/mol. The highest BCUT2D eigenvalue weighted by Gasteiger charge is 2.42. The van der Waals surface area contributed by atoms with E-state index in [1.807, 2.05) is 6.92 Å². The molecule has 1 heterocycles. The van der Waals surface area contributed by atoms with E-state index < -0.39 is 5.60 Å². The van der Waals surface area contributed by atoms with Crippen LogP contribution in [0.25, 0.3) is 0 Å². The fraction of sp³-hybridized carbons (Fsp3) is 0.800. The molecule has 4 nitrogen and oxygen atoms in total. The van der Waals surface area contributed by atoms with Crippen LogP contribution in [0.1, 0.15) is 38.8 Å². The molecule has 0 amide bonds. The molecule has 1 aromatic rings. The van der Waals surface area contributed by atoms with Crippen LogP contribution in [0, 0.1) is 5.92 Å². The summed E-state index contributed by atoms with van der Waals surface area (Å²) < 4.78 is 1.79. The molecule has 0 radical (unpaired) electrons. The molecule has 0 bridgehead atoms. The van der Waals surface area contributed by atoms with Crippen LogP contribution in [-0.2, 0) is 12.1 Å². The molecule has 14 heavy (non-hydrogen) atoms. The lowest BCUT2D eigenvalue weighted by Crippen LogP contribution is -2.31. The van der Waals surface area contributed by atoms with Crippen molar-refractivity contribution in [1.29, 1.82) is 0 Å². The lowest BCUT2D eigenvalue weighted by atomic mass is 9.89. The molecule has 78 valence electrons. The molecule has 1 aliphatic rings. The van der Waals surface area contributed by atoms with Gasteiger partial charge in [-0.05, 0) is 32.1 Å². The number of aliphatic hydroxyl groups is 1. The topological polar surface area (TPSA) is 50.9 Å². The minimum atomic E-state index is -0.695. The molecule has 2 rings (SSSR count). The quantitative estimate of drug-likeness (QED) is 0.774. The summed E-state index contributed by atoms with van der Waals surface area (Å²) in [6.45, 7) is 4.88. The fourth-order valence-corrected chi connectivity index (χ4v) is 2.37. The maximum atomic E-state index is 10.5. The Morgan fingerprint density at radius 2 is 2.50 bits per heavy atom. The molecule has 0 spiro atoms. The molecular formula is C10H17N3O. The summed E-state index contributed by atoms with van der Waals surface area (Å²) in [6, 6.07) is 0. The third kappa shape index (κ3) is 1.25. The lowest BCUT2D eigenvalue weighted by Gasteiger charge is -2.27. The first-order chi connectivity index (χ1) is 6.68. The Morgan fingerprint density at radius 1 is 1.71 bits per heavy atom. The Balaban J connectivity index is 2.37. The molecule has 1 aromatic heterocycles. The Hall–Kier alpha value is -0.900. The summed E-state index contributed by atoms with van der Waals surface area (Å²) in [5, 5.41) is 18.4. The maximum Gasteiger partial charge on any atom is 0.110 e. The number of nitrogens with zero attached hydrogens (tertiary/aromatic N) is 3. The molecule has 0 aliphatic heterocycles. The van der Waals surface area contributed by atoms with Crippen molar-refractivity contribution in [3.63, 3.8) is 0 Å². The van der Waals surface area contributed by atoms with Crippen LogP contribution >= 0.6 is 0 Å². The summed E-state index contributed by atoms with van der Waals surface area (Å²) in [7, 11) is 0. The number of hydrogen-bond donors (Lipinski definition) is 1. The summed E-state index contributed by atoms with van der Waals surface area (Å²) in [5.74, 6) is 0.311. The zero-order valence-corrected chi connectivity index (χ0v) is 8.77. The highest BCUT2D eigenvalue weighted by atomic mass is 16.3. The number of hydrogen-bond acceptors (Lipinski definition) is 3. The van der Waals surface area contributed by atoms with Gasteiger partial charge in [0, 0.05) is 6.54 Å². The highest BCUT2D eigenvalue weighted by Crippen LogP contribution is 2.42. The summed E-state index contributed by atoms with van der Waals surface area (Å²) in [4.78, 5) is 0. The molecule has 1 saturated carbocycles. The van der Waals surface area contributed by atoms with Crippen molar-refractivity contribution in [2.75, 3.05) is 0 Å². The SMILES string of the molecule is CCn1nncc1C1(O)CCCC1C. The first-order valence-corrected chi connectivity index (χ1v) is 5.30. The zero-order valence-electron chi connectivity index (χ0n) is 8.77. The first kappa shape index (κ1) is 9.65. The van der Waals surface area contributed by atoms with Gasteiger partial charge >= 0.3 is 0 Å². The first-order valence-electron chi connectivity index (χ1n) is 5.30. The van der Waals surface area contributed by atoms with Crippen molar-refractivity contribution in [3.8, 4) is 0 Å². The molecule has 4 heteroatoms. The van der Waals surface area contributed by atoms with Crippen molar-refractivity contribution >= 4 is 0 Å². The van der Waals surface area contributed by atoms with Gasteiger partial charge in [0.05, 0.1) is 11.9 Å². The Bertz CT molecular complexity index is 323. The van der Waals surface area contributed by atoms with Gasteiger partial charge in [-0.3, -0.25) is 0 Å². The van der Waals surface area contributed by atoms with Crippen molar-refractivity contribution < 1.29 is 5.11 Å². The van der Waals surface area contributed by atoms with E-state index in [2.05, 4.69) is 17.2 Å². The standard InChI is InChI=1S/C10H17N3O/c1-3-13-9(7-11-12-13)10(14)6-4-5-8(10)2/h7-8,14H,3-6H2,1-2H3. The third-order valence-corrected chi connectivity index (χ3v) is 3.37. The van der Waals surface area contributed by atoms with Crippen LogP contribution < -0.4 is 0 Å². The smallest absolute Gasteiger partial charge is 0.110 e. The van der Waals surface area contributed by atoms with Crippen LogP contribution in [0.5, 0.6) is 0 Å². The van der Waals surface area contributed by atoms with Crippen molar-refractivity contribution in [1.82, 2.24) is 15.0 Å². The van der Waals surface area contributed by atoms with Gasteiger partial charge in [-0.15, -0.1) is 5.10 Å². The van der Waals surface area contributed by atoms with Crippen LogP contribution in [-0.4, -0.2) is 20.1 Å². The Kier molecular flexibility index (Phi) is 2.31. The molecule has 0 saturated heterocycles. The Labute approximate surface area is 83.9 Å². The van der Waals surface area contributed by atoms with Gasteiger partial charge in [0.2, 0.25) is 0 Å². The van der Waals surface area contributed by atoms with E-state index in [0.717, 1.165) is 31.5 Å². The second kappa shape index (κ2) is 3.35. The van der Waals surface area contributed by atoms with E-state index in [1.54, 1.807) is 10.9 Å². The molecule has 1 N–H and O–H groups in total.